The first-order valence-corrected chi connectivity index (χ1v) is 6.17. The normalized spacial score (nSPS) is 13.8. The van der Waals surface area contributed by atoms with Gasteiger partial charge in [-0.2, -0.15) is 0 Å². The van der Waals surface area contributed by atoms with E-state index in [0.29, 0.717) is 12.2 Å². The highest BCUT2D eigenvalue weighted by atomic mass is 32.2. The van der Waals surface area contributed by atoms with Crippen LogP contribution in [0.15, 0.2) is 34.9 Å². The van der Waals surface area contributed by atoms with Gasteiger partial charge in [-0.1, -0.05) is 12.1 Å². The molecule has 0 aliphatic carbocycles. The van der Waals surface area contributed by atoms with Gasteiger partial charge in [-0.3, -0.25) is 0 Å². The Morgan fingerprint density at radius 1 is 1.39 bits per heavy atom. The molecule has 0 spiro atoms. The van der Waals surface area contributed by atoms with Crippen molar-refractivity contribution in [2.45, 2.75) is 4.90 Å². The van der Waals surface area contributed by atoms with Crippen molar-refractivity contribution in [1.82, 2.24) is 4.72 Å². The molecule has 0 unspecified atom stereocenters. The molecule has 0 saturated carbocycles. The Hall–Kier alpha value is -1.66. The number of carbonyl (C=O) groups is 1. The summed E-state index contributed by atoms with van der Waals surface area (Å²) < 4.78 is 12.5. The van der Waals surface area contributed by atoms with Crippen LogP contribution >= 0.6 is 11.9 Å². The lowest BCUT2D eigenvalue weighted by atomic mass is 10.1. The van der Waals surface area contributed by atoms with E-state index in [4.69, 9.17) is 9.47 Å². The number of rotatable bonds is 4. The van der Waals surface area contributed by atoms with Gasteiger partial charge in [0.1, 0.15) is 6.61 Å². The van der Waals surface area contributed by atoms with Gasteiger partial charge in [0.2, 0.25) is 0 Å². The van der Waals surface area contributed by atoms with Crippen LogP contribution in [0.2, 0.25) is 0 Å². The summed E-state index contributed by atoms with van der Waals surface area (Å²) in [6.45, 7) is 0.476. The molecular formula is C12H13NO4S. The van der Waals surface area contributed by atoms with E-state index in [-0.39, 0.29) is 18.1 Å². The van der Waals surface area contributed by atoms with Crippen LogP contribution in [-0.4, -0.2) is 31.4 Å². The number of esters is 1. The van der Waals surface area contributed by atoms with Crippen LogP contribution in [0.1, 0.15) is 5.56 Å². The molecule has 2 rings (SSSR count). The molecule has 18 heavy (non-hydrogen) atoms. The predicted molar refractivity (Wildman–Crippen MR) is 67.8 cm³/mol. The lowest BCUT2D eigenvalue weighted by Crippen LogP contribution is -2.23. The molecule has 1 aromatic rings. The second kappa shape index (κ2) is 5.79. The van der Waals surface area contributed by atoms with Gasteiger partial charge in [-0.15, -0.1) is 0 Å². The maximum absolute atomic E-state index is 11.7. The van der Waals surface area contributed by atoms with Crippen molar-refractivity contribution >= 4 is 23.7 Å². The van der Waals surface area contributed by atoms with Gasteiger partial charge in [0.25, 0.3) is 0 Å². The zero-order chi connectivity index (χ0) is 13.0. The van der Waals surface area contributed by atoms with Crippen LogP contribution in [0.3, 0.4) is 0 Å². The van der Waals surface area contributed by atoms with Gasteiger partial charge < -0.3 is 19.3 Å². The second-order valence-electron chi connectivity index (χ2n) is 3.55. The van der Waals surface area contributed by atoms with Crippen LogP contribution in [0, 0.1) is 0 Å². The average molecular weight is 267 g/mol. The van der Waals surface area contributed by atoms with E-state index in [1.165, 1.54) is 19.1 Å². The molecule has 0 bridgehead atoms. The zero-order valence-corrected chi connectivity index (χ0v) is 10.6. The first-order valence-electron chi connectivity index (χ1n) is 5.35. The molecule has 0 saturated heterocycles. The fourth-order valence-electron chi connectivity index (χ4n) is 1.47. The maximum Gasteiger partial charge on any atom is 0.359 e. The van der Waals surface area contributed by atoms with E-state index >= 15 is 0 Å². The summed E-state index contributed by atoms with van der Waals surface area (Å²) in [6.07, 6.45) is 0. The predicted octanol–water partition coefficient (Wildman–Crippen LogP) is 1.71. The number of hydrogen-bond acceptors (Lipinski definition) is 6. The maximum atomic E-state index is 11.7. The molecule has 1 heterocycles. The molecule has 2 N–H and O–H groups in total. The number of fused-ring (bicyclic) bond motifs is 1. The summed E-state index contributed by atoms with van der Waals surface area (Å²) in [7, 11) is 1.52. The van der Waals surface area contributed by atoms with E-state index in [1.54, 1.807) is 12.1 Å². The SMILES string of the molecule is COCCOC(=O)C1=C(O)c2ccccc2SN1. The summed E-state index contributed by atoms with van der Waals surface area (Å²) in [5, 5.41) is 10.0. The molecule has 1 aromatic carbocycles. The highest BCUT2D eigenvalue weighted by Gasteiger charge is 2.24. The Balaban J connectivity index is 2.16. The van der Waals surface area contributed by atoms with Crippen LogP contribution in [0.4, 0.5) is 0 Å². The van der Waals surface area contributed by atoms with Crippen LogP contribution in [0.25, 0.3) is 5.76 Å². The topological polar surface area (TPSA) is 67.8 Å². The van der Waals surface area contributed by atoms with Crippen molar-refractivity contribution in [2.24, 2.45) is 0 Å². The van der Waals surface area contributed by atoms with Gasteiger partial charge in [0.15, 0.2) is 11.5 Å². The van der Waals surface area contributed by atoms with E-state index in [1.807, 2.05) is 12.1 Å². The number of benzene rings is 1. The molecule has 1 aliphatic rings. The van der Waals surface area contributed by atoms with Gasteiger partial charge in [0, 0.05) is 17.6 Å². The third-order valence-corrected chi connectivity index (χ3v) is 3.25. The average Bonchev–Trinajstić information content (AvgIpc) is 2.39. The monoisotopic (exact) mass is 267 g/mol. The summed E-state index contributed by atoms with van der Waals surface area (Å²) >= 11 is 1.27. The Bertz CT molecular complexity index is 487. The van der Waals surface area contributed by atoms with Crippen molar-refractivity contribution < 1.29 is 19.4 Å². The zero-order valence-electron chi connectivity index (χ0n) is 9.80. The molecule has 0 radical (unpaired) electrons. The van der Waals surface area contributed by atoms with E-state index in [0.717, 1.165) is 4.90 Å². The summed E-state index contributed by atoms with van der Waals surface area (Å²) in [6, 6.07) is 7.27. The highest BCUT2D eigenvalue weighted by molar-refractivity contribution is 7.97. The third kappa shape index (κ3) is 2.60. The Kier molecular flexibility index (Phi) is 4.11. The minimum Gasteiger partial charge on any atom is -0.505 e. The number of aliphatic hydroxyl groups excluding tert-OH is 1. The lowest BCUT2D eigenvalue weighted by Gasteiger charge is -2.19. The van der Waals surface area contributed by atoms with Crippen molar-refractivity contribution in [3.05, 3.63) is 35.5 Å². The van der Waals surface area contributed by atoms with Crippen LogP contribution in [-0.2, 0) is 14.3 Å². The van der Waals surface area contributed by atoms with Gasteiger partial charge in [-0.05, 0) is 24.1 Å². The van der Waals surface area contributed by atoms with Crippen molar-refractivity contribution in [3.8, 4) is 0 Å². The van der Waals surface area contributed by atoms with E-state index < -0.39 is 5.97 Å². The molecular weight excluding hydrogens is 254 g/mol. The molecule has 0 amide bonds. The Labute approximate surface area is 109 Å². The summed E-state index contributed by atoms with van der Waals surface area (Å²) in [5.41, 5.74) is 0.690. The summed E-state index contributed by atoms with van der Waals surface area (Å²) in [5.74, 6) is -0.682. The molecule has 6 heteroatoms. The second-order valence-corrected chi connectivity index (χ2v) is 4.40. The Morgan fingerprint density at radius 3 is 2.94 bits per heavy atom. The van der Waals surface area contributed by atoms with E-state index in [2.05, 4.69) is 4.72 Å². The summed E-state index contributed by atoms with van der Waals surface area (Å²) in [4.78, 5) is 12.6. The fourth-order valence-corrected chi connectivity index (χ4v) is 2.28. The number of ether oxygens (including phenoxy) is 2. The highest BCUT2D eigenvalue weighted by Crippen LogP contribution is 2.32. The molecule has 0 atom stereocenters. The van der Waals surface area contributed by atoms with Crippen LogP contribution < -0.4 is 4.72 Å². The van der Waals surface area contributed by atoms with Crippen molar-refractivity contribution in [1.29, 1.82) is 0 Å². The molecule has 96 valence electrons. The standard InChI is InChI=1S/C12H13NO4S/c1-16-6-7-17-12(15)10-11(14)8-4-2-3-5-9(8)18-13-10/h2-5,13-14H,6-7H2,1H3. The third-order valence-electron chi connectivity index (χ3n) is 2.37. The lowest BCUT2D eigenvalue weighted by molar-refractivity contribution is -0.140. The Morgan fingerprint density at radius 2 is 2.17 bits per heavy atom. The largest absolute Gasteiger partial charge is 0.505 e. The first kappa shape index (κ1) is 12.8. The van der Waals surface area contributed by atoms with Crippen molar-refractivity contribution in [2.75, 3.05) is 20.3 Å². The quantitative estimate of drug-likeness (QED) is 0.492. The van der Waals surface area contributed by atoms with Crippen LogP contribution in [0.5, 0.6) is 0 Å². The minimum absolute atomic E-state index is 0.0646. The first-order chi connectivity index (χ1) is 8.74. The number of aliphatic hydroxyl groups is 1. The number of hydrogen-bond donors (Lipinski definition) is 2. The molecule has 1 aliphatic heterocycles. The van der Waals surface area contributed by atoms with Gasteiger partial charge in [0.05, 0.1) is 6.61 Å². The minimum atomic E-state index is -0.591. The molecule has 5 nitrogen and oxygen atoms in total. The molecule has 0 fully saturated rings. The molecule has 0 aromatic heterocycles. The van der Waals surface area contributed by atoms with E-state index in [9.17, 15) is 9.90 Å². The smallest absolute Gasteiger partial charge is 0.359 e. The number of methoxy groups -OCH3 is 1. The fraction of sp³-hybridized carbons (Fsp3) is 0.250. The number of nitrogens with one attached hydrogen (secondary N) is 1. The van der Waals surface area contributed by atoms with Gasteiger partial charge >= 0.3 is 5.97 Å². The number of carbonyl (C=O) groups excluding carboxylic acids is 1. The van der Waals surface area contributed by atoms with Crippen molar-refractivity contribution in [3.63, 3.8) is 0 Å². The van der Waals surface area contributed by atoms with Gasteiger partial charge in [-0.25, -0.2) is 4.79 Å².